The molecular formula is C13H15Br2NO3. The summed E-state index contributed by atoms with van der Waals surface area (Å²) in [5.74, 6) is 0.0831. The Balaban J connectivity index is 2.56. The predicted octanol–water partition coefficient (Wildman–Crippen LogP) is 3.29. The van der Waals surface area contributed by atoms with Gasteiger partial charge in [-0.3, -0.25) is 4.79 Å². The molecular weight excluding hydrogens is 378 g/mol. The lowest BCUT2D eigenvalue weighted by Crippen LogP contribution is -2.41. The summed E-state index contributed by atoms with van der Waals surface area (Å²) in [6.07, 6.45) is 0. The van der Waals surface area contributed by atoms with Crippen molar-refractivity contribution < 1.29 is 14.3 Å². The minimum Gasteiger partial charge on any atom is -0.496 e. The molecule has 0 aromatic heterocycles. The molecule has 2 unspecified atom stereocenters. The summed E-state index contributed by atoms with van der Waals surface area (Å²) in [6.45, 7) is 1.99. The highest BCUT2D eigenvalue weighted by atomic mass is 79.9. The summed E-state index contributed by atoms with van der Waals surface area (Å²) in [7, 11) is 3.01. The number of ether oxygens (including phenoxy) is 2. The number of nitrogens with one attached hydrogen (secondary N) is 1. The van der Waals surface area contributed by atoms with Crippen molar-refractivity contribution >= 4 is 43.5 Å². The van der Waals surface area contributed by atoms with E-state index in [2.05, 4.69) is 37.2 Å². The predicted molar refractivity (Wildman–Crippen MR) is 81.3 cm³/mol. The van der Waals surface area contributed by atoms with E-state index in [0.29, 0.717) is 11.1 Å². The lowest BCUT2D eigenvalue weighted by molar-refractivity contribution is -0.143. The van der Waals surface area contributed by atoms with Gasteiger partial charge in [-0.25, -0.2) is 0 Å². The number of carbonyl (C=O) groups excluding carboxylic acids is 1. The van der Waals surface area contributed by atoms with Crippen molar-refractivity contribution in [2.75, 3.05) is 24.9 Å². The van der Waals surface area contributed by atoms with Gasteiger partial charge in [-0.15, -0.1) is 0 Å². The van der Waals surface area contributed by atoms with Crippen molar-refractivity contribution in [2.24, 2.45) is 0 Å². The van der Waals surface area contributed by atoms with Crippen LogP contribution in [0, 0.1) is 0 Å². The molecule has 0 amide bonds. The van der Waals surface area contributed by atoms with E-state index in [0.717, 1.165) is 15.7 Å². The lowest BCUT2D eigenvalue weighted by Gasteiger charge is -2.28. The number of hydrogen-bond acceptors (Lipinski definition) is 4. The van der Waals surface area contributed by atoms with Gasteiger partial charge in [0.15, 0.2) is 0 Å². The maximum atomic E-state index is 12.1. The van der Waals surface area contributed by atoms with Gasteiger partial charge in [0, 0.05) is 11.0 Å². The normalized spacial score (nSPS) is 24.6. The molecule has 0 aliphatic carbocycles. The molecule has 104 valence electrons. The zero-order valence-corrected chi connectivity index (χ0v) is 14.1. The smallest absolute Gasteiger partial charge is 0.315 e. The first-order valence-corrected chi connectivity index (χ1v) is 7.67. The van der Waals surface area contributed by atoms with E-state index in [9.17, 15) is 4.79 Å². The summed E-state index contributed by atoms with van der Waals surface area (Å²) in [5, 5.41) is 4.02. The second kappa shape index (κ2) is 5.32. The fourth-order valence-electron chi connectivity index (χ4n) is 2.41. The van der Waals surface area contributed by atoms with Crippen LogP contribution < -0.4 is 10.1 Å². The third-order valence-electron chi connectivity index (χ3n) is 3.41. The number of rotatable bonds is 3. The molecule has 2 rings (SSSR count). The molecule has 1 aliphatic rings. The van der Waals surface area contributed by atoms with Gasteiger partial charge in [-0.05, 0) is 40.5 Å². The van der Waals surface area contributed by atoms with Crippen molar-refractivity contribution in [1.82, 2.24) is 0 Å². The highest BCUT2D eigenvalue weighted by Gasteiger charge is 2.47. The third kappa shape index (κ3) is 2.36. The van der Waals surface area contributed by atoms with Crippen molar-refractivity contribution in [3.63, 3.8) is 0 Å². The molecule has 0 bridgehead atoms. The van der Waals surface area contributed by atoms with Crippen LogP contribution in [0.4, 0.5) is 5.69 Å². The number of esters is 1. The number of fused-ring (bicyclic) bond motifs is 1. The Hall–Kier alpha value is -0.750. The summed E-state index contributed by atoms with van der Waals surface area (Å²) in [4.78, 5) is 12.1. The Morgan fingerprint density at radius 1 is 1.47 bits per heavy atom. The van der Waals surface area contributed by atoms with E-state index in [4.69, 9.17) is 9.47 Å². The van der Waals surface area contributed by atoms with Crippen molar-refractivity contribution in [2.45, 2.75) is 18.4 Å². The van der Waals surface area contributed by atoms with E-state index in [1.165, 1.54) is 7.11 Å². The highest BCUT2D eigenvalue weighted by Crippen LogP contribution is 2.47. The zero-order chi connectivity index (χ0) is 14.2. The van der Waals surface area contributed by atoms with Crippen LogP contribution in [0.15, 0.2) is 16.6 Å². The molecule has 0 fully saturated rings. The molecule has 1 aromatic carbocycles. The van der Waals surface area contributed by atoms with Crippen LogP contribution in [0.25, 0.3) is 0 Å². The highest BCUT2D eigenvalue weighted by molar-refractivity contribution is 9.10. The lowest BCUT2D eigenvalue weighted by atomic mass is 9.86. The number of carbonyl (C=O) groups is 1. The van der Waals surface area contributed by atoms with Gasteiger partial charge in [-0.1, -0.05) is 15.9 Å². The second-order valence-corrected chi connectivity index (χ2v) is 6.12. The van der Waals surface area contributed by atoms with Gasteiger partial charge in [-0.2, -0.15) is 0 Å². The fourth-order valence-corrected chi connectivity index (χ4v) is 3.38. The van der Waals surface area contributed by atoms with Gasteiger partial charge in [0.2, 0.25) is 0 Å². The first-order valence-electron chi connectivity index (χ1n) is 5.76. The first kappa shape index (κ1) is 14.7. The topological polar surface area (TPSA) is 47.6 Å². The largest absolute Gasteiger partial charge is 0.496 e. The first-order chi connectivity index (χ1) is 8.96. The van der Waals surface area contributed by atoms with Crippen LogP contribution in [0.2, 0.25) is 0 Å². The minimum atomic E-state index is -0.415. The van der Waals surface area contributed by atoms with Gasteiger partial charge < -0.3 is 14.8 Å². The third-order valence-corrected chi connectivity index (χ3v) is 5.19. The van der Waals surface area contributed by atoms with E-state index < -0.39 is 5.54 Å². The Labute approximate surface area is 129 Å². The molecule has 6 heteroatoms. The van der Waals surface area contributed by atoms with Crippen molar-refractivity contribution in [3.8, 4) is 5.75 Å². The Kier molecular flexibility index (Phi) is 4.11. The maximum Gasteiger partial charge on any atom is 0.315 e. The molecule has 0 saturated carbocycles. The van der Waals surface area contributed by atoms with Gasteiger partial charge in [0.05, 0.1) is 24.2 Å². The second-order valence-electron chi connectivity index (χ2n) is 4.71. The standard InChI is InChI=1S/C13H15Br2NO3/c1-13(6-14)11(12(17)19-3)7-4-10(18-2)8(15)5-9(7)16-13/h4-5,11,16H,6H2,1-3H3. The van der Waals surface area contributed by atoms with Crippen LogP contribution >= 0.6 is 31.9 Å². The Morgan fingerprint density at radius 2 is 2.16 bits per heavy atom. The molecule has 19 heavy (non-hydrogen) atoms. The molecule has 1 aromatic rings. The van der Waals surface area contributed by atoms with Crippen LogP contribution in [-0.2, 0) is 9.53 Å². The average Bonchev–Trinajstić information content (AvgIpc) is 2.69. The zero-order valence-electron chi connectivity index (χ0n) is 10.9. The summed E-state index contributed by atoms with van der Waals surface area (Å²) in [5.41, 5.74) is 1.40. The van der Waals surface area contributed by atoms with E-state index in [-0.39, 0.29) is 11.9 Å². The van der Waals surface area contributed by atoms with Crippen LogP contribution in [0.1, 0.15) is 18.4 Å². The number of halogens is 2. The molecule has 0 saturated heterocycles. The molecule has 1 aliphatic heterocycles. The van der Waals surface area contributed by atoms with Gasteiger partial charge in [0.25, 0.3) is 0 Å². The van der Waals surface area contributed by atoms with E-state index in [1.54, 1.807) is 7.11 Å². The van der Waals surface area contributed by atoms with Crippen molar-refractivity contribution in [3.05, 3.63) is 22.2 Å². The quantitative estimate of drug-likeness (QED) is 0.633. The summed E-state index contributed by atoms with van der Waals surface area (Å²) < 4.78 is 11.1. The van der Waals surface area contributed by atoms with Crippen LogP contribution in [-0.4, -0.2) is 31.1 Å². The summed E-state index contributed by atoms with van der Waals surface area (Å²) >= 11 is 6.92. The number of benzene rings is 1. The number of anilines is 1. The van der Waals surface area contributed by atoms with Crippen LogP contribution in [0.3, 0.4) is 0 Å². The van der Waals surface area contributed by atoms with Crippen molar-refractivity contribution in [1.29, 1.82) is 0 Å². The Bertz CT molecular complexity index is 521. The molecule has 4 nitrogen and oxygen atoms in total. The van der Waals surface area contributed by atoms with Gasteiger partial charge in [0.1, 0.15) is 11.7 Å². The molecule has 0 spiro atoms. The molecule has 1 N–H and O–H groups in total. The van der Waals surface area contributed by atoms with E-state index >= 15 is 0 Å². The maximum absolute atomic E-state index is 12.1. The number of hydrogen-bond donors (Lipinski definition) is 1. The monoisotopic (exact) mass is 391 g/mol. The Morgan fingerprint density at radius 3 is 2.68 bits per heavy atom. The average molecular weight is 393 g/mol. The van der Waals surface area contributed by atoms with E-state index in [1.807, 2.05) is 19.1 Å². The SMILES string of the molecule is COC(=O)C1c2cc(OC)c(Br)cc2NC1(C)CBr. The van der Waals surface area contributed by atoms with Crippen LogP contribution in [0.5, 0.6) is 5.75 Å². The molecule has 0 radical (unpaired) electrons. The fraction of sp³-hybridized carbons (Fsp3) is 0.462. The molecule has 1 heterocycles. The summed E-state index contributed by atoms with van der Waals surface area (Å²) in [6, 6.07) is 3.81. The number of alkyl halides is 1. The molecule has 2 atom stereocenters. The van der Waals surface area contributed by atoms with Gasteiger partial charge >= 0.3 is 5.97 Å². The minimum absolute atomic E-state index is 0.252. The number of methoxy groups -OCH3 is 2.